The summed E-state index contributed by atoms with van der Waals surface area (Å²) in [4.78, 5) is 19.2. The quantitative estimate of drug-likeness (QED) is 0.342. The molecule has 1 amide bonds. The van der Waals surface area contributed by atoms with E-state index in [4.69, 9.17) is 25.7 Å². The Bertz CT molecular complexity index is 1300. The molecule has 188 valence electrons. The second-order valence-corrected chi connectivity index (χ2v) is 9.16. The molecule has 2 aromatic carbocycles. The highest BCUT2D eigenvalue weighted by Crippen LogP contribution is 2.33. The van der Waals surface area contributed by atoms with Crippen molar-refractivity contribution in [2.24, 2.45) is 5.73 Å². The second kappa shape index (κ2) is 9.98. The predicted molar refractivity (Wildman–Crippen MR) is 129 cm³/mol. The standard InChI is InChI=1S/C26H27F2N5O3/c1-15-14-35-23(32-15)21-4-3-11-33(21)24(34)17-7-10-20(28)19(12-17)22(29)36-25(30)26(2,31)13-16-5-8-18(27)9-6-16/h5-10,12,14,21,29-30H,3-4,11,13,31H2,1-2H3/t21?,26-/m1/s1. The first-order chi connectivity index (χ1) is 17.0. The summed E-state index contributed by atoms with van der Waals surface area (Å²) in [5.41, 5.74) is 6.16. The molecule has 4 N–H and O–H groups in total. The zero-order valence-corrected chi connectivity index (χ0v) is 20.0. The molecule has 1 saturated heterocycles. The van der Waals surface area contributed by atoms with Crippen molar-refractivity contribution in [1.29, 1.82) is 10.8 Å². The highest BCUT2D eigenvalue weighted by molar-refractivity contribution is 6.04. The topological polar surface area (TPSA) is 129 Å². The van der Waals surface area contributed by atoms with Gasteiger partial charge in [-0.3, -0.25) is 15.6 Å². The molecule has 2 heterocycles. The fraction of sp³-hybridized carbons (Fsp3) is 0.308. The molecule has 1 aromatic heterocycles. The molecule has 0 radical (unpaired) electrons. The number of halogens is 2. The Kier molecular flexibility index (Phi) is 6.98. The van der Waals surface area contributed by atoms with Gasteiger partial charge in [0.2, 0.25) is 17.7 Å². The molecule has 1 fully saturated rings. The number of likely N-dealkylation sites (tertiary alicyclic amines) is 1. The molecule has 0 aliphatic carbocycles. The van der Waals surface area contributed by atoms with Crippen LogP contribution >= 0.6 is 0 Å². The van der Waals surface area contributed by atoms with Gasteiger partial charge >= 0.3 is 0 Å². The summed E-state index contributed by atoms with van der Waals surface area (Å²) in [6.45, 7) is 3.82. The molecule has 8 nitrogen and oxygen atoms in total. The Morgan fingerprint density at radius 2 is 1.97 bits per heavy atom. The third-order valence-corrected chi connectivity index (χ3v) is 6.10. The van der Waals surface area contributed by atoms with Gasteiger partial charge in [0.15, 0.2) is 0 Å². The Balaban J connectivity index is 1.49. The van der Waals surface area contributed by atoms with E-state index in [2.05, 4.69) is 4.98 Å². The molecular formula is C26H27F2N5O3. The van der Waals surface area contributed by atoms with Crippen LogP contribution in [-0.2, 0) is 11.2 Å². The third kappa shape index (κ3) is 5.33. The monoisotopic (exact) mass is 495 g/mol. The zero-order valence-electron chi connectivity index (χ0n) is 20.0. The molecule has 36 heavy (non-hydrogen) atoms. The van der Waals surface area contributed by atoms with Crippen LogP contribution in [0.15, 0.2) is 53.1 Å². The van der Waals surface area contributed by atoms with E-state index in [1.54, 1.807) is 24.0 Å². The van der Waals surface area contributed by atoms with Gasteiger partial charge in [0.1, 0.15) is 23.9 Å². The number of hydrogen-bond donors (Lipinski definition) is 3. The Morgan fingerprint density at radius 3 is 2.64 bits per heavy atom. The predicted octanol–water partition coefficient (Wildman–Crippen LogP) is 4.52. The number of benzene rings is 2. The zero-order chi connectivity index (χ0) is 26.0. The van der Waals surface area contributed by atoms with Gasteiger partial charge in [-0.05, 0) is 69.0 Å². The van der Waals surface area contributed by atoms with E-state index in [9.17, 15) is 13.6 Å². The lowest BCUT2D eigenvalue weighted by molar-refractivity contribution is 0.0715. The molecule has 1 aliphatic heterocycles. The molecule has 10 heteroatoms. The normalized spacial score (nSPS) is 17.0. The largest absolute Gasteiger partial charge is 0.446 e. The fourth-order valence-electron chi connectivity index (χ4n) is 4.17. The number of aromatic nitrogens is 1. The van der Waals surface area contributed by atoms with Crippen molar-refractivity contribution in [2.75, 3.05) is 6.54 Å². The molecule has 0 spiro atoms. The summed E-state index contributed by atoms with van der Waals surface area (Å²) < 4.78 is 38.6. The van der Waals surface area contributed by atoms with Crippen molar-refractivity contribution in [3.05, 3.63) is 88.6 Å². The van der Waals surface area contributed by atoms with Crippen LogP contribution in [-0.4, -0.2) is 39.7 Å². The van der Waals surface area contributed by atoms with E-state index in [1.807, 2.05) is 0 Å². The van der Waals surface area contributed by atoms with E-state index in [-0.39, 0.29) is 29.5 Å². The summed E-state index contributed by atoms with van der Waals surface area (Å²) in [5, 5.41) is 16.5. The van der Waals surface area contributed by atoms with Crippen molar-refractivity contribution >= 4 is 17.7 Å². The SMILES string of the molecule is Cc1coc(C2CCCN2C(=O)c2ccc(F)c(C(=N)OC(=N)[C@](C)(N)Cc3ccc(F)cc3)c2)n1. The van der Waals surface area contributed by atoms with Gasteiger partial charge in [-0.15, -0.1) is 0 Å². The number of hydrogen-bond acceptors (Lipinski definition) is 7. The summed E-state index contributed by atoms with van der Waals surface area (Å²) >= 11 is 0. The maximum atomic E-state index is 14.6. The van der Waals surface area contributed by atoms with Crippen molar-refractivity contribution in [3.8, 4) is 0 Å². The number of nitrogens with two attached hydrogens (primary N) is 1. The highest BCUT2D eigenvalue weighted by Gasteiger charge is 2.34. The van der Waals surface area contributed by atoms with E-state index in [0.29, 0.717) is 30.1 Å². The minimum Gasteiger partial charge on any atom is -0.446 e. The van der Waals surface area contributed by atoms with Crippen LogP contribution in [0.1, 0.15) is 58.9 Å². The Morgan fingerprint density at radius 1 is 1.25 bits per heavy atom. The van der Waals surface area contributed by atoms with Gasteiger partial charge in [0.25, 0.3) is 5.91 Å². The average Bonchev–Trinajstić information content (AvgIpc) is 3.49. The molecular weight excluding hydrogens is 468 g/mol. The van der Waals surface area contributed by atoms with Gasteiger partial charge in [0.05, 0.1) is 16.8 Å². The summed E-state index contributed by atoms with van der Waals surface area (Å²) in [5.74, 6) is -2.18. The van der Waals surface area contributed by atoms with Crippen LogP contribution in [0.4, 0.5) is 8.78 Å². The first-order valence-corrected chi connectivity index (χ1v) is 11.5. The fourth-order valence-corrected chi connectivity index (χ4v) is 4.17. The van der Waals surface area contributed by atoms with Gasteiger partial charge in [-0.25, -0.2) is 13.8 Å². The van der Waals surface area contributed by atoms with E-state index >= 15 is 0 Å². The number of amides is 1. The smallest absolute Gasteiger partial charge is 0.254 e. The van der Waals surface area contributed by atoms with Crippen LogP contribution in [0.5, 0.6) is 0 Å². The van der Waals surface area contributed by atoms with Gasteiger partial charge in [-0.1, -0.05) is 12.1 Å². The maximum absolute atomic E-state index is 14.6. The van der Waals surface area contributed by atoms with E-state index in [0.717, 1.165) is 12.5 Å². The molecule has 0 saturated carbocycles. The molecule has 2 atom stereocenters. The first-order valence-electron chi connectivity index (χ1n) is 11.5. The number of ether oxygens (including phenoxy) is 1. The van der Waals surface area contributed by atoms with Crippen molar-refractivity contribution in [1.82, 2.24) is 9.88 Å². The number of carbonyl (C=O) groups is 1. The van der Waals surface area contributed by atoms with Crippen molar-refractivity contribution in [2.45, 2.75) is 44.7 Å². The first kappa shape index (κ1) is 25.2. The highest BCUT2D eigenvalue weighted by atomic mass is 19.1. The van der Waals surface area contributed by atoms with E-state index < -0.39 is 29.0 Å². The molecule has 0 bridgehead atoms. The van der Waals surface area contributed by atoms with Crippen molar-refractivity contribution < 1.29 is 22.7 Å². The van der Waals surface area contributed by atoms with Crippen LogP contribution in [0.3, 0.4) is 0 Å². The number of oxazole rings is 1. The second-order valence-electron chi connectivity index (χ2n) is 9.16. The summed E-state index contributed by atoms with van der Waals surface area (Å²) in [6.07, 6.45) is 3.13. The molecule has 1 unspecified atom stereocenters. The minimum absolute atomic E-state index is 0.136. The summed E-state index contributed by atoms with van der Waals surface area (Å²) in [6, 6.07) is 8.98. The molecule has 4 rings (SSSR count). The minimum atomic E-state index is -1.34. The van der Waals surface area contributed by atoms with Crippen LogP contribution in [0, 0.1) is 29.4 Å². The van der Waals surface area contributed by atoms with Crippen molar-refractivity contribution in [3.63, 3.8) is 0 Å². The number of aryl methyl sites for hydroxylation is 1. The third-order valence-electron chi connectivity index (χ3n) is 6.10. The van der Waals surface area contributed by atoms with Gasteiger partial charge < -0.3 is 19.8 Å². The van der Waals surface area contributed by atoms with Crippen LogP contribution in [0.25, 0.3) is 0 Å². The molecule has 1 aliphatic rings. The maximum Gasteiger partial charge on any atom is 0.254 e. The molecule has 3 aromatic rings. The van der Waals surface area contributed by atoms with Crippen LogP contribution in [0.2, 0.25) is 0 Å². The lowest BCUT2D eigenvalue weighted by Gasteiger charge is -2.25. The lowest BCUT2D eigenvalue weighted by Crippen LogP contribution is -2.48. The summed E-state index contributed by atoms with van der Waals surface area (Å²) in [7, 11) is 0. The average molecular weight is 496 g/mol. The van der Waals surface area contributed by atoms with Crippen LogP contribution < -0.4 is 5.73 Å². The number of nitrogens with one attached hydrogen (secondary N) is 2. The van der Waals surface area contributed by atoms with Gasteiger partial charge in [0, 0.05) is 12.1 Å². The van der Waals surface area contributed by atoms with Gasteiger partial charge in [-0.2, -0.15) is 0 Å². The number of carbonyl (C=O) groups excluding carboxylic acids is 1. The Labute approximate surface area is 207 Å². The lowest BCUT2D eigenvalue weighted by atomic mass is 9.93. The Hall–Kier alpha value is -3.92. The van der Waals surface area contributed by atoms with E-state index in [1.165, 1.54) is 37.5 Å². The number of rotatable bonds is 6. The number of nitrogens with zero attached hydrogens (tertiary/aromatic N) is 2.